The van der Waals surface area contributed by atoms with Crippen molar-refractivity contribution in [3.8, 4) is 0 Å². The van der Waals surface area contributed by atoms with Crippen LogP contribution < -0.4 is 10.6 Å². The fourth-order valence-electron chi connectivity index (χ4n) is 3.45. The van der Waals surface area contributed by atoms with E-state index in [0.717, 1.165) is 12.3 Å². The highest BCUT2D eigenvalue weighted by molar-refractivity contribution is 9.10. The van der Waals surface area contributed by atoms with Crippen molar-refractivity contribution in [3.05, 3.63) is 28.2 Å². The van der Waals surface area contributed by atoms with Gasteiger partial charge in [-0.05, 0) is 56.2 Å². The second-order valence-corrected chi connectivity index (χ2v) is 7.44. The van der Waals surface area contributed by atoms with Crippen LogP contribution in [0.2, 0.25) is 0 Å². The van der Waals surface area contributed by atoms with Crippen LogP contribution in [0.1, 0.15) is 51.5 Å². The fourth-order valence-corrected chi connectivity index (χ4v) is 3.80. The molecule has 2 unspecified atom stereocenters. The van der Waals surface area contributed by atoms with Gasteiger partial charge >= 0.3 is 0 Å². The predicted octanol–water partition coefficient (Wildman–Crippen LogP) is 4.75. The van der Waals surface area contributed by atoms with Crippen LogP contribution in [0.25, 0.3) is 0 Å². The first kappa shape index (κ1) is 16.8. The Bertz CT molecular complexity index is 445. The average Bonchev–Trinajstić information content (AvgIpc) is 2.66. The number of hydrogen-bond donors (Lipinski definition) is 1. The summed E-state index contributed by atoms with van der Waals surface area (Å²) in [6, 6.07) is 6.86. The maximum absolute atomic E-state index is 6.02. The van der Waals surface area contributed by atoms with Crippen molar-refractivity contribution in [1.29, 1.82) is 0 Å². The summed E-state index contributed by atoms with van der Waals surface area (Å²) < 4.78 is 1.17. The first-order chi connectivity index (χ1) is 10.1. The Morgan fingerprint density at radius 1 is 1.33 bits per heavy atom. The van der Waals surface area contributed by atoms with E-state index in [2.05, 4.69) is 52.9 Å². The maximum Gasteiger partial charge on any atom is 0.0410 e. The van der Waals surface area contributed by atoms with Crippen molar-refractivity contribution in [3.63, 3.8) is 0 Å². The highest BCUT2D eigenvalue weighted by Crippen LogP contribution is 2.30. The van der Waals surface area contributed by atoms with Gasteiger partial charge in [0.15, 0.2) is 0 Å². The van der Waals surface area contributed by atoms with E-state index in [9.17, 15) is 0 Å². The van der Waals surface area contributed by atoms with Gasteiger partial charge in [0.25, 0.3) is 0 Å². The van der Waals surface area contributed by atoms with E-state index in [0.29, 0.717) is 0 Å². The molecule has 3 heteroatoms. The molecule has 0 aromatic heterocycles. The third-order valence-electron chi connectivity index (χ3n) is 4.47. The summed E-state index contributed by atoms with van der Waals surface area (Å²) in [5, 5.41) is 0. The average molecular weight is 353 g/mol. The second-order valence-electron chi connectivity index (χ2n) is 6.53. The van der Waals surface area contributed by atoms with Gasteiger partial charge in [-0.3, -0.25) is 0 Å². The van der Waals surface area contributed by atoms with Crippen LogP contribution in [0, 0.1) is 5.92 Å². The molecule has 2 atom stereocenters. The topological polar surface area (TPSA) is 29.3 Å². The number of benzene rings is 1. The standard InChI is InChI=1S/C18H29BrN2/c1-3-5-15-6-4-10-21(11-9-15)18-13-17(19)8-7-16(18)12-14(2)20/h7-8,13-15H,3-6,9-12,20H2,1-2H3. The van der Waals surface area contributed by atoms with E-state index in [1.807, 2.05) is 0 Å². The summed E-state index contributed by atoms with van der Waals surface area (Å²) in [6.45, 7) is 6.76. The van der Waals surface area contributed by atoms with Gasteiger partial charge in [-0.25, -0.2) is 0 Å². The van der Waals surface area contributed by atoms with Crippen LogP contribution in [0.4, 0.5) is 5.69 Å². The molecule has 0 aliphatic carbocycles. The van der Waals surface area contributed by atoms with Crippen LogP contribution in [0.5, 0.6) is 0 Å². The van der Waals surface area contributed by atoms with E-state index in [1.165, 1.54) is 60.9 Å². The molecule has 21 heavy (non-hydrogen) atoms. The Labute approximate surface area is 138 Å². The van der Waals surface area contributed by atoms with Crippen molar-refractivity contribution >= 4 is 21.6 Å². The summed E-state index contributed by atoms with van der Waals surface area (Å²) in [4.78, 5) is 2.58. The molecule has 2 N–H and O–H groups in total. The molecule has 0 amide bonds. The van der Waals surface area contributed by atoms with Crippen LogP contribution in [-0.2, 0) is 6.42 Å². The Morgan fingerprint density at radius 3 is 2.86 bits per heavy atom. The minimum atomic E-state index is 0.213. The molecule has 1 fully saturated rings. The van der Waals surface area contributed by atoms with Gasteiger partial charge in [-0.15, -0.1) is 0 Å². The monoisotopic (exact) mass is 352 g/mol. The number of hydrogen-bond acceptors (Lipinski definition) is 2. The summed E-state index contributed by atoms with van der Waals surface area (Å²) in [5.74, 6) is 0.920. The SMILES string of the molecule is CCCC1CCCN(c2cc(Br)ccc2CC(C)N)CC1. The normalized spacial score (nSPS) is 21.1. The summed E-state index contributed by atoms with van der Waals surface area (Å²) in [6.07, 6.45) is 7.70. The Morgan fingerprint density at radius 2 is 2.14 bits per heavy atom. The molecule has 0 saturated carbocycles. The molecule has 1 aliphatic rings. The predicted molar refractivity (Wildman–Crippen MR) is 96.0 cm³/mol. The van der Waals surface area contributed by atoms with Gasteiger partial charge in [0.2, 0.25) is 0 Å². The van der Waals surface area contributed by atoms with Crippen LogP contribution in [-0.4, -0.2) is 19.1 Å². The Hall–Kier alpha value is -0.540. The Kier molecular flexibility index (Phi) is 6.56. The van der Waals surface area contributed by atoms with Crippen molar-refractivity contribution in [2.24, 2.45) is 11.7 Å². The van der Waals surface area contributed by atoms with E-state index < -0.39 is 0 Å². The molecular formula is C18H29BrN2. The lowest BCUT2D eigenvalue weighted by atomic mass is 9.96. The molecule has 118 valence electrons. The van der Waals surface area contributed by atoms with Gasteiger partial charge in [-0.1, -0.05) is 41.8 Å². The minimum Gasteiger partial charge on any atom is -0.371 e. The maximum atomic E-state index is 6.02. The fraction of sp³-hybridized carbons (Fsp3) is 0.667. The zero-order valence-corrected chi connectivity index (χ0v) is 15.0. The lowest BCUT2D eigenvalue weighted by molar-refractivity contribution is 0.435. The third kappa shape index (κ3) is 5.00. The molecule has 1 saturated heterocycles. The summed E-state index contributed by atoms with van der Waals surface area (Å²) in [5.41, 5.74) is 8.80. The second kappa shape index (κ2) is 8.19. The van der Waals surface area contributed by atoms with E-state index in [1.54, 1.807) is 0 Å². The van der Waals surface area contributed by atoms with Gasteiger partial charge < -0.3 is 10.6 Å². The lowest BCUT2D eigenvalue weighted by Crippen LogP contribution is -2.27. The summed E-state index contributed by atoms with van der Waals surface area (Å²) in [7, 11) is 0. The zero-order chi connectivity index (χ0) is 15.2. The van der Waals surface area contributed by atoms with Crippen molar-refractivity contribution in [2.75, 3.05) is 18.0 Å². The molecule has 0 spiro atoms. The van der Waals surface area contributed by atoms with E-state index in [4.69, 9.17) is 5.73 Å². The quantitative estimate of drug-likeness (QED) is 0.828. The number of halogens is 1. The molecule has 2 nitrogen and oxygen atoms in total. The number of nitrogens with two attached hydrogens (primary N) is 1. The van der Waals surface area contributed by atoms with Crippen molar-refractivity contribution in [1.82, 2.24) is 0 Å². The smallest absolute Gasteiger partial charge is 0.0410 e. The van der Waals surface area contributed by atoms with E-state index in [-0.39, 0.29) is 6.04 Å². The zero-order valence-electron chi connectivity index (χ0n) is 13.4. The highest BCUT2D eigenvalue weighted by atomic mass is 79.9. The lowest BCUT2D eigenvalue weighted by Gasteiger charge is -2.26. The summed E-state index contributed by atoms with van der Waals surface area (Å²) >= 11 is 3.63. The first-order valence-corrected chi connectivity index (χ1v) is 9.18. The van der Waals surface area contributed by atoms with Crippen LogP contribution in [0.3, 0.4) is 0 Å². The molecule has 1 heterocycles. The van der Waals surface area contributed by atoms with E-state index >= 15 is 0 Å². The number of rotatable bonds is 5. The van der Waals surface area contributed by atoms with Gasteiger partial charge in [0, 0.05) is 29.3 Å². The first-order valence-electron chi connectivity index (χ1n) is 8.39. The molecule has 1 aromatic rings. The van der Waals surface area contributed by atoms with Crippen LogP contribution in [0.15, 0.2) is 22.7 Å². The number of anilines is 1. The third-order valence-corrected chi connectivity index (χ3v) is 4.97. The molecule has 1 aromatic carbocycles. The van der Waals surface area contributed by atoms with Crippen molar-refractivity contribution < 1.29 is 0 Å². The van der Waals surface area contributed by atoms with Gasteiger partial charge in [0.1, 0.15) is 0 Å². The molecule has 0 radical (unpaired) electrons. The van der Waals surface area contributed by atoms with Gasteiger partial charge in [0.05, 0.1) is 0 Å². The number of nitrogens with zero attached hydrogens (tertiary/aromatic N) is 1. The molecule has 2 rings (SSSR count). The molecular weight excluding hydrogens is 324 g/mol. The van der Waals surface area contributed by atoms with Crippen LogP contribution >= 0.6 is 15.9 Å². The Balaban J connectivity index is 2.14. The molecule has 1 aliphatic heterocycles. The largest absolute Gasteiger partial charge is 0.371 e. The molecule has 0 bridgehead atoms. The highest BCUT2D eigenvalue weighted by Gasteiger charge is 2.19. The minimum absolute atomic E-state index is 0.213. The van der Waals surface area contributed by atoms with Crippen molar-refractivity contribution in [2.45, 2.75) is 58.4 Å². The van der Waals surface area contributed by atoms with Gasteiger partial charge in [-0.2, -0.15) is 0 Å².